The summed E-state index contributed by atoms with van der Waals surface area (Å²) >= 11 is 0. The summed E-state index contributed by atoms with van der Waals surface area (Å²) in [6, 6.07) is 0. The third kappa shape index (κ3) is 4.57. The van der Waals surface area contributed by atoms with Gasteiger partial charge in [0.15, 0.2) is 0 Å². The van der Waals surface area contributed by atoms with E-state index in [2.05, 4.69) is 13.5 Å². The number of hydrogen-bond acceptors (Lipinski definition) is 3. The van der Waals surface area contributed by atoms with Crippen molar-refractivity contribution in [2.45, 2.75) is 27.2 Å². The Hall–Kier alpha value is -0.163. The Balaban J connectivity index is 4.16. The molecule has 0 aromatic carbocycles. The quantitative estimate of drug-likeness (QED) is 0.567. The molecule has 0 fully saturated rings. The Morgan fingerprint density at radius 2 is 1.62 bits per heavy atom. The molecule has 13 heavy (non-hydrogen) atoms. The molecule has 0 unspecified atom stereocenters. The normalized spacial score (nSPS) is 11.6. The van der Waals surface area contributed by atoms with Gasteiger partial charge in [-0.1, -0.05) is 13.5 Å². The van der Waals surface area contributed by atoms with Gasteiger partial charge in [0.05, 0.1) is 0 Å². The van der Waals surface area contributed by atoms with E-state index in [4.69, 9.17) is 13.3 Å². The molecule has 0 heterocycles. The first-order valence-electron chi connectivity index (χ1n) is 4.80. The summed E-state index contributed by atoms with van der Waals surface area (Å²) in [5.41, 5.74) is 1.69. The predicted octanol–water partition coefficient (Wildman–Crippen LogP) is 2.15. The molecule has 0 aliphatic heterocycles. The molecule has 0 bridgehead atoms. The summed E-state index contributed by atoms with van der Waals surface area (Å²) in [6.45, 7) is 11.5. The molecule has 0 aromatic rings. The van der Waals surface area contributed by atoms with Gasteiger partial charge in [0, 0.05) is 19.8 Å². The van der Waals surface area contributed by atoms with Gasteiger partial charge in [-0.3, -0.25) is 0 Å². The molecule has 3 nitrogen and oxygen atoms in total. The molecular weight excluding hydrogens is 184 g/mol. The van der Waals surface area contributed by atoms with Gasteiger partial charge in [0.2, 0.25) is 0 Å². The standard InChI is InChI=1S/C9H20O3Si/c1-5-9-12-13(8-4,10-6-2)11-7-3/h8H,4-7,9H2,1-3H3. The number of rotatable bonds is 8. The molecule has 0 spiro atoms. The SMILES string of the molecule is C=C[Si](OCC)(OCC)OCCC. The zero-order valence-electron chi connectivity index (χ0n) is 8.84. The highest BCUT2D eigenvalue weighted by Crippen LogP contribution is 2.11. The summed E-state index contributed by atoms with van der Waals surface area (Å²) in [6.07, 6.45) is 0.961. The largest absolute Gasteiger partial charge is 0.528 e. The van der Waals surface area contributed by atoms with Crippen LogP contribution in [0.4, 0.5) is 0 Å². The second-order valence-electron chi connectivity index (χ2n) is 2.52. The van der Waals surface area contributed by atoms with E-state index in [0.29, 0.717) is 19.8 Å². The van der Waals surface area contributed by atoms with Crippen molar-refractivity contribution < 1.29 is 13.3 Å². The molecule has 78 valence electrons. The van der Waals surface area contributed by atoms with Crippen LogP contribution in [-0.2, 0) is 13.3 Å². The summed E-state index contributed by atoms with van der Waals surface area (Å²) < 4.78 is 16.6. The first-order valence-corrected chi connectivity index (χ1v) is 6.60. The minimum Gasteiger partial charge on any atom is -0.371 e. The van der Waals surface area contributed by atoms with Gasteiger partial charge in [-0.05, 0) is 26.0 Å². The van der Waals surface area contributed by atoms with Crippen LogP contribution in [0.1, 0.15) is 27.2 Å². The third-order valence-corrected chi connectivity index (χ3v) is 3.94. The first kappa shape index (κ1) is 12.8. The molecule has 0 N–H and O–H groups in total. The number of hydrogen-bond donors (Lipinski definition) is 0. The van der Waals surface area contributed by atoms with Crippen LogP contribution in [0.2, 0.25) is 0 Å². The van der Waals surface area contributed by atoms with E-state index in [9.17, 15) is 0 Å². The molecule has 0 aromatic heterocycles. The maximum Gasteiger partial charge on any atom is 0.528 e. The summed E-state index contributed by atoms with van der Waals surface area (Å²) in [4.78, 5) is 0. The summed E-state index contributed by atoms with van der Waals surface area (Å²) in [5.74, 6) is 0. The lowest BCUT2D eigenvalue weighted by molar-refractivity contribution is 0.0800. The van der Waals surface area contributed by atoms with E-state index in [1.165, 1.54) is 0 Å². The maximum atomic E-state index is 5.59. The molecule has 0 rings (SSSR count). The molecule has 0 aliphatic carbocycles. The van der Waals surface area contributed by atoms with E-state index < -0.39 is 8.80 Å². The van der Waals surface area contributed by atoms with Crippen molar-refractivity contribution in [2.24, 2.45) is 0 Å². The molecule has 0 saturated heterocycles. The van der Waals surface area contributed by atoms with Crippen LogP contribution in [0.15, 0.2) is 12.3 Å². The van der Waals surface area contributed by atoms with Gasteiger partial charge in [0.1, 0.15) is 0 Å². The van der Waals surface area contributed by atoms with Crippen LogP contribution in [0.25, 0.3) is 0 Å². The van der Waals surface area contributed by atoms with Crippen LogP contribution in [0.3, 0.4) is 0 Å². The van der Waals surface area contributed by atoms with Crippen molar-refractivity contribution in [2.75, 3.05) is 19.8 Å². The smallest absolute Gasteiger partial charge is 0.371 e. The van der Waals surface area contributed by atoms with Gasteiger partial charge >= 0.3 is 8.80 Å². The Kier molecular flexibility index (Phi) is 7.17. The zero-order valence-corrected chi connectivity index (χ0v) is 9.84. The van der Waals surface area contributed by atoms with Crippen molar-refractivity contribution in [3.05, 3.63) is 12.3 Å². The fraction of sp³-hybridized carbons (Fsp3) is 0.778. The fourth-order valence-electron chi connectivity index (χ4n) is 0.948. The monoisotopic (exact) mass is 204 g/mol. The van der Waals surface area contributed by atoms with Crippen molar-refractivity contribution in [1.29, 1.82) is 0 Å². The molecule has 0 aliphatic rings. The topological polar surface area (TPSA) is 27.7 Å². The second kappa shape index (κ2) is 7.26. The van der Waals surface area contributed by atoms with Crippen LogP contribution < -0.4 is 0 Å². The molecule has 0 amide bonds. The summed E-state index contributed by atoms with van der Waals surface area (Å²) in [5, 5.41) is 0. The minimum atomic E-state index is -2.53. The molecule has 0 atom stereocenters. The van der Waals surface area contributed by atoms with Crippen molar-refractivity contribution in [3.8, 4) is 0 Å². The van der Waals surface area contributed by atoms with Gasteiger partial charge in [-0.2, -0.15) is 0 Å². The zero-order chi connectivity index (χ0) is 10.2. The van der Waals surface area contributed by atoms with E-state index >= 15 is 0 Å². The van der Waals surface area contributed by atoms with Gasteiger partial charge in [0.25, 0.3) is 0 Å². The Labute approximate surface area is 82.1 Å². The maximum absolute atomic E-state index is 5.59. The van der Waals surface area contributed by atoms with Crippen LogP contribution in [0, 0.1) is 0 Å². The van der Waals surface area contributed by atoms with E-state index in [1.807, 2.05) is 13.8 Å². The van der Waals surface area contributed by atoms with E-state index in [0.717, 1.165) is 6.42 Å². The lowest BCUT2D eigenvalue weighted by atomic mass is 10.5. The highest BCUT2D eigenvalue weighted by Gasteiger charge is 2.36. The second-order valence-corrected chi connectivity index (χ2v) is 5.00. The van der Waals surface area contributed by atoms with Crippen molar-refractivity contribution >= 4 is 8.80 Å². The average molecular weight is 204 g/mol. The highest BCUT2D eigenvalue weighted by molar-refractivity contribution is 6.66. The van der Waals surface area contributed by atoms with Gasteiger partial charge in [-0.25, -0.2) is 0 Å². The van der Waals surface area contributed by atoms with E-state index in [-0.39, 0.29) is 0 Å². The molecular formula is C9H20O3Si. The Morgan fingerprint density at radius 3 is 1.92 bits per heavy atom. The summed E-state index contributed by atoms with van der Waals surface area (Å²) in [7, 11) is -2.53. The minimum absolute atomic E-state index is 0.599. The molecule has 4 heteroatoms. The molecule has 0 saturated carbocycles. The van der Waals surface area contributed by atoms with Crippen LogP contribution >= 0.6 is 0 Å². The average Bonchev–Trinajstić information content (AvgIpc) is 2.15. The lowest BCUT2D eigenvalue weighted by Gasteiger charge is -2.25. The van der Waals surface area contributed by atoms with Gasteiger partial charge < -0.3 is 13.3 Å². The van der Waals surface area contributed by atoms with Crippen LogP contribution in [-0.4, -0.2) is 28.6 Å². The third-order valence-electron chi connectivity index (χ3n) is 1.45. The lowest BCUT2D eigenvalue weighted by Crippen LogP contribution is -2.44. The van der Waals surface area contributed by atoms with Crippen molar-refractivity contribution in [3.63, 3.8) is 0 Å². The van der Waals surface area contributed by atoms with Crippen LogP contribution in [0.5, 0.6) is 0 Å². The van der Waals surface area contributed by atoms with Crippen molar-refractivity contribution in [1.82, 2.24) is 0 Å². The predicted molar refractivity (Wildman–Crippen MR) is 55.4 cm³/mol. The first-order chi connectivity index (χ1) is 6.24. The Bertz CT molecular complexity index is 133. The Morgan fingerprint density at radius 1 is 1.08 bits per heavy atom. The van der Waals surface area contributed by atoms with Gasteiger partial charge in [-0.15, -0.1) is 0 Å². The molecule has 0 radical (unpaired) electrons. The highest BCUT2D eigenvalue weighted by atomic mass is 28.4. The van der Waals surface area contributed by atoms with E-state index in [1.54, 1.807) is 5.70 Å². The fourth-order valence-corrected chi connectivity index (χ4v) is 2.85.